The number of rotatable bonds is 13. The van der Waals surface area contributed by atoms with Crippen LogP contribution in [0.2, 0.25) is 0 Å². The van der Waals surface area contributed by atoms with Crippen LogP contribution in [0.3, 0.4) is 0 Å². The Morgan fingerprint density at radius 3 is 2.51 bits per heavy atom. The van der Waals surface area contributed by atoms with E-state index in [-0.39, 0.29) is 11.8 Å². The van der Waals surface area contributed by atoms with Crippen molar-refractivity contribution in [3.63, 3.8) is 0 Å². The molecule has 2 aromatic heterocycles. The number of nitrogen functional groups attached to an aromatic ring is 1. The molecule has 4 rings (SSSR count). The van der Waals surface area contributed by atoms with Gasteiger partial charge in [0.25, 0.3) is 0 Å². The molecule has 0 saturated heterocycles. The quantitative estimate of drug-likeness (QED) is 0.224. The van der Waals surface area contributed by atoms with E-state index in [0.717, 1.165) is 45.4 Å². The number of amides is 1. The van der Waals surface area contributed by atoms with E-state index in [1.165, 1.54) is 0 Å². The van der Waals surface area contributed by atoms with Crippen LogP contribution in [0.15, 0.2) is 42.5 Å². The molecule has 0 bridgehead atoms. The van der Waals surface area contributed by atoms with Gasteiger partial charge in [0.2, 0.25) is 5.91 Å². The monoisotopic (exact) mass is 556 g/mol. The van der Waals surface area contributed by atoms with Crippen LogP contribution in [0.25, 0.3) is 21.9 Å². The van der Waals surface area contributed by atoms with Crippen molar-refractivity contribution in [2.24, 2.45) is 5.92 Å². The van der Waals surface area contributed by atoms with Crippen molar-refractivity contribution in [3.8, 4) is 6.07 Å². The fourth-order valence-corrected chi connectivity index (χ4v) is 4.82. The molecule has 0 fully saturated rings. The maximum absolute atomic E-state index is 11.9. The van der Waals surface area contributed by atoms with Crippen LogP contribution in [0, 0.1) is 17.2 Å². The number of pyridine rings is 1. The number of hydrogen-bond acceptors (Lipinski definition) is 7. The topological polar surface area (TPSA) is 128 Å². The van der Waals surface area contributed by atoms with E-state index in [1.807, 2.05) is 46.8 Å². The zero-order valence-electron chi connectivity index (χ0n) is 24.7. The van der Waals surface area contributed by atoms with Gasteiger partial charge in [0.1, 0.15) is 17.9 Å². The van der Waals surface area contributed by atoms with Crippen molar-refractivity contribution in [3.05, 3.63) is 65.0 Å². The molecule has 4 aromatic rings. The second-order valence-corrected chi connectivity index (χ2v) is 11.2. The summed E-state index contributed by atoms with van der Waals surface area (Å²) in [6.07, 6.45) is 1.15. The minimum absolute atomic E-state index is 0.0100. The van der Waals surface area contributed by atoms with Gasteiger partial charge in [-0.2, -0.15) is 5.26 Å². The number of anilines is 1. The van der Waals surface area contributed by atoms with Crippen LogP contribution in [-0.2, 0) is 40.3 Å². The highest BCUT2D eigenvalue weighted by molar-refractivity contribution is 6.06. The molecule has 9 heteroatoms. The van der Waals surface area contributed by atoms with Crippen LogP contribution in [-0.4, -0.2) is 45.8 Å². The minimum Gasteiger partial charge on any atom is -0.382 e. The van der Waals surface area contributed by atoms with Gasteiger partial charge in [0.05, 0.1) is 42.3 Å². The van der Waals surface area contributed by atoms with Crippen molar-refractivity contribution in [1.29, 1.82) is 5.26 Å². The summed E-state index contributed by atoms with van der Waals surface area (Å²) >= 11 is 0. The molecule has 1 amide bonds. The third-order valence-electron chi connectivity index (χ3n) is 6.95. The van der Waals surface area contributed by atoms with E-state index in [2.05, 4.69) is 46.3 Å². The number of hydrogen-bond donors (Lipinski definition) is 2. The zero-order chi connectivity index (χ0) is 29.6. The Bertz CT molecular complexity index is 1550. The fourth-order valence-electron chi connectivity index (χ4n) is 4.82. The standard InChI is InChI=1S/C32H40N6O3/c1-6-40-19-27-37-28-29(38(27)20-32(4,5)41-16-15-35-31(39)21(2)3)25-12-11-24(18-26(25)36-30(28)34)17-23-9-7-22(8-10-23)13-14-33/h7-12,18,21H,6,13,15-17,19-20H2,1-5H3,(H2,34,36)(H,35,39). The van der Waals surface area contributed by atoms with Gasteiger partial charge in [-0.3, -0.25) is 4.79 Å². The molecule has 0 spiro atoms. The second kappa shape index (κ2) is 13.1. The highest BCUT2D eigenvalue weighted by Crippen LogP contribution is 2.32. The summed E-state index contributed by atoms with van der Waals surface area (Å²) in [5, 5.41) is 12.8. The Hall–Kier alpha value is -4.00. The summed E-state index contributed by atoms with van der Waals surface area (Å²) in [7, 11) is 0. The fraction of sp³-hybridized carbons (Fsp3) is 0.438. The van der Waals surface area contributed by atoms with E-state index in [9.17, 15) is 4.79 Å². The molecule has 9 nitrogen and oxygen atoms in total. The predicted molar refractivity (Wildman–Crippen MR) is 161 cm³/mol. The minimum atomic E-state index is -0.556. The van der Waals surface area contributed by atoms with E-state index >= 15 is 0 Å². The van der Waals surface area contributed by atoms with Crippen molar-refractivity contribution in [2.75, 3.05) is 25.5 Å². The van der Waals surface area contributed by atoms with E-state index in [0.29, 0.717) is 50.7 Å². The number of nitrogens with zero attached hydrogens (tertiary/aromatic N) is 4. The first-order chi connectivity index (χ1) is 19.6. The van der Waals surface area contributed by atoms with Crippen molar-refractivity contribution < 1.29 is 14.3 Å². The number of carbonyl (C=O) groups is 1. The number of benzene rings is 2. The van der Waals surface area contributed by atoms with Gasteiger partial charge in [-0.15, -0.1) is 0 Å². The summed E-state index contributed by atoms with van der Waals surface area (Å²) in [6.45, 7) is 12.0. The number of imidazole rings is 1. The molecule has 0 aliphatic rings. The van der Waals surface area contributed by atoms with Gasteiger partial charge in [-0.05, 0) is 49.9 Å². The Morgan fingerprint density at radius 1 is 1.12 bits per heavy atom. The number of nitrogens with one attached hydrogen (secondary N) is 1. The van der Waals surface area contributed by atoms with Crippen LogP contribution in [0.4, 0.5) is 5.82 Å². The third-order valence-corrected chi connectivity index (χ3v) is 6.95. The number of aromatic nitrogens is 3. The largest absolute Gasteiger partial charge is 0.382 e. The Kier molecular flexibility index (Phi) is 9.58. The number of fused-ring (bicyclic) bond motifs is 3. The van der Waals surface area contributed by atoms with Crippen molar-refractivity contribution in [2.45, 2.75) is 66.2 Å². The summed E-state index contributed by atoms with van der Waals surface area (Å²) < 4.78 is 14.1. The highest BCUT2D eigenvalue weighted by atomic mass is 16.5. The molecule has 0 unspecified atom stereocenters. The summed E-state index contributed by atoms with van der Waals surface area (Å²) in [4.78, 5) is 21.5. The zero-order valence-corrected chi connectivity index (χ0v) is 24.7. The van der Waals surface area contributed by atoms with E-state index in [4.69, 9.17) is 30.4 Å². The molecule has 0 radical (unpaired) electrons. The predicted octanol–water partition coefficient (Wildman–Crippen LogP) is 4.93. The third kappa shape index (κ3) is 7.40. The van der Waals surface area contributed by atoms with Crippen LogP contribution >= 0.6 is 0 Å². The maximum atomic E-state index is 11.9. The number of nitriles is 1. The first-order valence-corrected chi connectivity index (χ1v) is 14.1. The molecule has 41 heavy (non-hydrogen) atoms. The molecule has 0 aliphatic heterocycles. The first-order valence-electron chi connectivity index (χ1n) is 14.1. The summed E-state index contributed by atoms with van der Waals surface area (Å²) in [5.41, 5.74) is 11.5. The average Bonchev–Trinajstić information content (AvgIpc) is 3.29. The normalized spacial score (nSPS) is 11.8. The van der Waals surface area contributed by atoms with Crippen molar-refractivity contribution in [1.82, 2.24) is 19.9 Å². The Labute approximate surface area is 241 Å². The molecule has 3 N–H and O–H groups in total. The van der Waals surface area contributed by atoms with E-state index < -0.39 is 5.60 Å². The lowest BCUT2D eigenvalue weighted by Crippen LogP contribution is -2.36. The molecule has 0 aliphatic carbocycles. The van der Waals surface area contributed by atoms with E-state index in [1.54, 1.807) is 0 Å². The number of nitrogens with two attached hydrogens (primary N) is 1. The van der Waals surface area contributed by atoms with Crippen LogP contribution in [0.5, 0.6) is 0 Å². The van der Waals surface area contributed by atoms with Gasteiger partial charge in [-0.25, -0.2) is 9.97 Å². The summed E-state index contributed by atoms with van der Waals surface area (Å²) in [6, 6.07) is 16.6. The van der Waals surface area contributed by atoms with Gasteiger partial charge < -0.3 is 25.1 Å². The van der Waals surface area contributed by atoms with Gasteiger partial charge >= 0.3 is 0 Å². The molecular formula is C32H40N6O3. The summed E-state index contributed by atoms with van der Waals surface area (Å²) in [5.74, 6) is 1.08. The van der Waals surface area contributed by atoms with Crippen LogP contribution < -0.4 is 11.1 Å². The first kappa shape index (κ1) is 30.0. The molecular weight excluding hydrogens is 516 g/mol. The number of ether oxygens (including phenoxy) is 2. The highest BCUT2D eigenvalue weighted by Gasteiger charge is 2.25. The average molecular weight is 557 g/mol. The lowest BCUT2D eigenvalue weighted by atomic mass is 10.0. The Morgan fingerprint density at radius 2 is 1.83 bits per heavy atom. The van der Waals surface area contributed by atoms with Gasteiger partial charge in [-0.1, -0.05) is 50.2 Å². The second-order valence-electron chi connectivity index (χ2n) is 11.2. The van der Waals surface area contributed by atoms with Crippen LogP contribution in [0.1, 0.15) is 57.1 Å². The van der Waals surface area contributed by atoms with Gasteiger partial charge in [0.15, 0.2) is 5.82 Å². The molecule has 216 valence electrons. The Balaban J connectivity index is 1.65. The molecule has 0 atom stereocenters. The number of carbonyl (C=O) groups excluding carboxylic acids is 1. The van der Waals surface area contributed by atoms with Gasteiger partial charge in [0, 0.05) is 24.5 Å². The smallest absolute Gasteiger partial charge is 0.222 e. The maximum Gasteiger partial charge on any atom is 0.222 e. The van der Waals surface area contributed by atoms with Crippen molar-refractivity contribution >= 4 is 33.7 Å². The molecule has 2 heterocycles. The lowest BCUT2D eigenvalue weighted by Gasteiger charge is -2.27. The molecule has 2 aromatic carbocycles. The lowest BCUT2D eigenvalue weighted by molar-refractivity contribution is -0.124. The molecule has 0 saturated carbocycles. The SMILES string of the molecule is CCOCc1nc2c(N)nc3cc(Cc4ccc(CC#N)cc4)ccc3c2n1CC(C)(C)OCCNC(=O)C(C)C.